The molecule has 29 heavy (non-hydrogen) atoms. The van der Waals surface area contributed by atoms with E-state index >= 15 is 0 Å². The van der Waals surface area contributed by atoms with E-state index in [1.165, 1.54) is 0 Å². The lowest BCUT2D eigenvalue weighted by atomic mass is 10.0. The van der Waals surface area contributed by atoms with Crippen LogP contribution in [0.2, 0.25) is 0 Å². The second kappa shape index (κ2) is 11.1. The van der Waals surface area contributed by atoms with Gasteiger partial charge in [0.25, 0.3) is 5.91 Å². The van der Waals surface area contributed by atoms with Crippen molar-refractivity contribution < 1.29 is 19.1 Å². The number of likely N-dealkylation sites (tertiary alicyclic amines) is 1. The Balaban J connectivity index is 0.00000300. The number of methoxy groups -OCH3 is 1. The van der Waals surface area contributed by atoms with Gasteiger partial charge in [-0.05, 0) is 37.0 Å². The van der Waals surface area contributed by atoms with Crippen molar-refractivity contribution in [2.75, 3.05) is 46.4 Å². The molecule has 2 heterocycles. The summed E-state index contributed by atoms with van der Waals surface area (Å²) >= 11 is 0. The van der Waals surface area contributed by atoms with Gasteiger partial charge in [-0.25, -0.2) is 0 Å². The maximum absolute atomic E-state index is 12.7. The summed E-state index contributed by atoms with van der Waals surface area (Å²) in [5, 5.41) is 3.09. The van der Waals surface area contributed by atoms with E-state index in [0.29, 0.717) is 37.7 Å². The standard InChI is InChI=1S/C21H29N3O4.ClH/c1-3-5-16-7-8-18(19(12-16)27-2)28-15-21(26)23-10-4-6-17(14-23)24-11-9-22-13-20(24)25;/h3,7-8,12,17,22H,1,4-6,9-11,13-15H2,2H3;1H. The smallest absolute Gasteiger partial charge is 0.260 e. The molecular formula is C21H30ClN3O4. The van der Waals surface area contributed by atoms with Crippen molar-refractivity contribution >= 4 is 24.2 Å². The molecule has 0 radical (unpaired) electrons. The first-order valence-corrected chi connectivity index (χ1v) is 9.81. The molecule has 1 N–H and O–H groups in total. The molecule has 0 bridgehead atoms. The number of benzene rings is 1. The van der Waals surface area contributed by atoms with Crippen LogP contribution in [0.1, 0.15) is 18.4 Å². The lowest BCUT2D eigenvalue weighted by Crippen LogP contribution is -2.57. The largest absolute Gasteiger partial charge is 0.493 e. The normalized spacial score (nSPS) is 19.3. The lowest BCUT2D eigenvalue weighted by Gasteiger charge is -2.41. The summed E-state index contributed by atoms with van der Waals surface area (Å²) in [6.45, 7) is 6.87. The monoisotopic (exact) mass is 423 g/mol. The third-order valence-electron chi connectivity index (χ3n) is 5.28. The lowest BCUT2D eigenvalue weighted by molar-refractivity contribution is -0.141. The Bertz CT molecular complexity index is 728. The molecule has 1 atom stereocenters. The zero-order valence-electron chi connectivity index (χ0n) is 16.9. The van der Waals surface area contributed by atoms with Crippen LogP contribution in [0.3, 0.4) is 0 Å². The Morgan fingerprint density at radius 2 is 2.17 bits per heavy atom. The van der Waals surface area contributed by atoms with Crippen LogP contribution in [0.15, 0.2) is 30.9 Å². The van der Waals surface area contributed by atoms with Crippen LogP contribution < -0.4 is 14.8 Å². The summed E-state index contributed by atoms with van der Waals surface area (Å²) in [7, 11) is 1.58. The number of hydrogen-bond acceptors (Lipinski definition) is 5. The van der Waals surface area contributed by atoms with Gasteiger partial charge < -0.3 is 24.6 Å². The van der Waals surface area contributed by atoms with Crippen molar-refractivity contribution in [1.29, 1.82) is 0 Å². The van der Waals surface area contributed by atoms with E-state index in [0.717, 1.165) is 31.4 Å². The molecule has 0 saturated carbocycles. The van der Waals surface area contributed by atoms with Gasteiger partial charge in [-0.3, -0.25) is 9.59 Å². The zero-order chi connectivity index (χ0) is 19.9. The predicted octanol–water partition coefficient (Wildman–Crippen LogP) is 1.65. The van der Waals surface area contributed by atoms with Gasteiger partial charge in [-0.1, -0.05) is 12.1 Å². The number of carbonyl (C=O) groups excluding carboxylic acids is 2. The Kier molecular flexibility index (Phi) is 8.79. The van der Waals surface area contributed by atoms with Crippen LogP contribution in [-0.4, -0.2) is 74.1 Å². The van der Waals surface area contributed by atoms with Gasteiger partial charge in [0.05, 0.1) is 13.7 Å². The Hall–Kier alpha value is -2.25. The molecule has 3 rings (SSSR count). The minimum Gasteiger partial charge on any atom is -0.493 e. The number of halogens is 1. The number of amides is 2. The number of allylic oxidation sites excluding steroid dienone is 1. The molecule has 160 valence electrons. The fourth-order valence-electron chi connectivity index (χ4n) is 3.80. The number of ether oxygens (including phenoxy) is 2. The Morgan fingerprint density at radius 1 is 1.34 bits per heavy atom. The van der Waals surface area contributed by atoms with E-state index in [1.54, 1.807) is 7.11 Å². The number of hydrogen-bond donors (Lipinski definition) is 1. The number of rotatable bonds is 7. The highest BCUT2D eigenvalue weighted by Gasteiger charge is 2.31. The second-order valence-corrected chi connectivity index (χ2v) is 7.17. The third-order valence-corrected chi connectivity index (χ3v) is 5.28. The molecule has 7 nitrogen and oxygen atoms in total. The van der Waals surface area contributed by atoms with Crippen LogP contribution >= 0.6 is 12.4 Å². The van der Waals surface area contributed by atoms with E-state index in [2.05, 4.69) is 11.9 Å². The minimum atomic E-state index is -0.0653. The molecule has 2 amide bonds. The summed E-state index contributed by atoms with van der Waals surface area (Å²) in [6, 6.07) is 5.76. The molecule has 8 heteroatoms. The number of piperidine rings is 1. The van der Waals surface area contributed by atoms with E-state index in [1.807, 2.05) is 34.1 Å². The number of nitrogens with zero attached hydrogens (tertiary/aromatic N) is 2. The third kappa shape index (κ3) is 5.87. The molecular weight excluding hydrogens is 394 g/mol. The maximum Gasteiger partial charge on any atom is 0.260 e. The molecule has 0 aliphatic carbocycles. The first kappa shape index (κ1) is 23.0. The Labute approximate surface area is 178 Å². The molecule has 0 aromatic heterocycles. The highest BCUT2D eigenvalue weighted by molar-refractivity contribution is 5.85. The van der Waals surface area contributed by atoms with Crippen LogP contribution in [0.5, 0.6) is 11.5 Å². The second-order valence-electron chi connectivity index (χ2n) is 7.17. The van der Waals surface area contributed by atoms with Crippen LogP contribution in [0, 0.1) is 0 Å². The van der Waals surface area contributed by atoms with Gasteiger partial charge in [0.2, 0.25) is 5.91 Å². The molecule has 2 aliphatic heterocycles. The SMILES string of the molecule is C=CCc1ccc(OCC(=O)N2CCCC(N3CCNCC3=O)C2)c(OC)c1.Cl. The van der Waals surface area contributed by atoms with E-state index in [-0.39, 0.29) is 36.9 Å². The summed E-state index contributed by atoms with van der Waals surface area (Å²) in [6.07, 6.45) is 4.41. The number of piperazine rings is 1. The van der Waals surface area contributed by atoms with Gasteiger partial charge in [-0.15, -0.1) is 19.0 Å². The number of carbonyl (C=O) groups is 2. The van der Waals surface area contributed by atoms with Crippen molar-refractivity contribution in [2.45, 2.75) is 25.3 Å². The van der Waals surface area contributed by atoms with Crippen molar-refractivity contribution in [3.63, 3.8) is 0 Å². The molecule has 2 aliphatic rings. The first-order chi connectivity index (χ1) is 13.6. The van der Waals surface area contributed by atoms with E-state index < -0.39 is 0 Å². The molecule has 1 aromatic rings. The minimum absolute atomic E-state index is 0. The fourth-order valence-corrected chi connectivity index (χ4v) is 3.80. The van der Waals surface area contributed by atoms with Crippen molar-refractivity contribution in [1.82, 2.24) is 15.1 Å². The summed E-state index contributed by atoms with van der Waals surface area (Å²) < 4.78 is 11.1. The topological polar surface area (TPSA) is 71.1 Å². The van der Waals surface area contributed by atoms with Crippen molar-refractivity contribution in [3.8, 4) is 11.5 Å². The Morgan fingerprint density at radius 3 is 2.90 bits per heavy atom. The quantitative estimate of drug-likeness (QED) is 0.675. The molecule has 0 spiro atoms. The average Bonchev–Trinajstić information content (AvgIpc) is 2.73. The summed E-state index contributed by atoms with van der Waals surface area (Å²) in [4.78, 5) is 28.5. The number of nitrogens with one attached hydrogen (secondary N) is 1. The van der Waals surface area contributed by atoms with Gasteiger partial charge in [0.1, 0.15) is 0 Å². The molecule has 1 aromatic carbocycles. The zero-order valence-corrected chi connectivity index (χ0v) is 17.7. The van der Waals surface area contributed by atoms with Crippen LogP contribution in [0.25, 0.3) is 0 Å². The van der Waals surface area contributed by atoms with Gasteiger partial charge >= 0.3 is 0 Å². The first-order valence-electron chi connectivity index (χ1n) is 9.81. The highest BCUT2D eigenvalue weighted by atomic mass is 35.5. The summed E-state index contributed by atoms with van der Waals surface area (Å²) in [5.41, 5.74) is 1.07. The maximum atomic E-state index is 12.7. The predicted molar refractivity (Wildman–Crippen MR) is 114 cm³/mol. The highest BCUT2D eigenvalue weighted by Crippen LogP contribution is 2.28. The summed E-state index contributed by atoms with van der Waals surface area (Å²) in [5.74, 6) is 1.21. The van der Waals surface area contributed by atoms with Crippen LogP contribution in [0.4, 0.5) is 0 Å². The molecule has 1 unspecified atom stereocenters. The van der Waals surface area contributed by atoms with E-state index in [9.17, 15) is 9.59 Å². The van der Waals surface area contributed by atoms with Crippen LogP contribution in [-0.2, 0) is 16.0 Å². The average molecular weight is 424 g/mol. The van der Waals surface area contributed by atoms with Gasteiger partial charge in [-0.2, -0.15) is 0 Å². The van der Waals surface area contributed by atoms with Gasteiger partial charge in [0.15, 0.2) is 18.1 Å². The van der Waals surface area contributed by atoms with Gasteiger partial charge in [0, 0.05) is 32.2 Å². The molecule has 2 saturated heterocycles. The molecule has 2 fully saturated rings. The fraction of sp³-hybridized carbons (Fsp3) is 0.524. The van der Waals surface area contributed by atoms with Crippen molar-refractivity contribution in [2.24, 2.45) is 0 Å². The van der Waals surface area contributed by atoms with E-state index in [4.69, 9.17) is 9.47 Å². The van der Waals surface area contributed by atoms with Crippen molar-refractivity contribution in [3.05, 3.63) is 36.4 Å².